The number of aliphatic hydroxyl groups is 1. The van der Waals surface area contributed by atoms with Crippen LogP contribution in [0.5, 0.6) is 5.75 Å². The highest BCUT2D eigenvalue weighted by Gasteiger charge is 2.07. The fourth-order valence-electron chi connectivity index (χ4n) is 2.07. The summed E-state index contributed by atoms with van der Waals surface area (Å²) in [6.45, 7) is 0.761. The van der Waals surface area contributed by atoms with Crippen LogP contribution in [0.4, 0.5) is 0 Å². The second-order valence-corrected chi connectivity index (χ2v) is 5.26. The van der Waals surface area contributed by atoms with Crippen molar-refractivity contribution in [2.75, 3.05) is 13.2 Å². The van der Waals surface area contributed by atoms with E-state index in [1.807, 2.05) is 30.3 Å². The van der Waals surface area contributed by atoms with Crippen LogP contribution < -0.4 is 10.5 Å². The normalized spacial score (nSPS) is 11.9. The Morgan fingerprint density at radius 2 is 1.78 bits per heavy atom. The highest BCUT2D eigenvalue weighted by molar-refractivity contribution is 5.76. The van der Waals surface area contributed by atoms with Gasteiger partial charge in [0.15, 0.2) is 0 Å². The quantitative estimate of drug-likeness (QED) is 0.737. The molecule has 0 aliphatic heterocycles. The lowest BCUT2D eigenvalue weighted by Gasteiger charge is -2.13. The van der Waals surface area contributed by atoms with Gasteiger partial charge in [0.1, 0.15) is 18.5 Å². The topological polar surface area (TPSA) is 81.8 Å². The number of carbonyl (C=O) groups is 1. The van der Waals surface area contributed by atoms with Gasteiger partial charge in [0.2, 0.25) is 5.91 Å². The number of hydrogen-bond acceptors (Lipinski definition) is 4. The molecule has 0 aromatic heterocycles. The molecule has 0 fully saturated rings. The average molecular weight is 315 g/mol. The summed E-state index contributed by atoms with van der Waals surface area (Å²) in [7, 11) is 0. The Bertz CT molecular complexity index is 615. The van der Waals surface area contributed by atoms with Crippen molar-refractivity contribution in [2.24, 2.45) is 5.73 Å². The number of hydrogen-bond donors (Lipinski definition) is 2. The third-order valence-corrected chi connectivity index (χ3v) is 3.14. The number of amides is 1. The van der Waals surface area contributed by atoms with Crippen LogP contribution in [0.1, 0.15) is 11.1 Å². The van der Waals surface area contributed by atoms with Crippen molar-refractivity contribution in [3.8, 4) is 5.75 Å². The van der Waals surface area contributed by atoms with Crippen LogP contribution in [0.2, 0.25) is 0 Å². The summed E-state index contributed by atoms with van der Waals surface area (Å²) in [5.41, 5.74) is 7.00. The van der Waals surface area contributed by atoms with Crippen LogP contribution in [-0.4, -0.2) is 30.3 Å². The second-order valence-electron chi connectivity index (χ2n) is 5.26. The molecular formula is C18H21NO4. The molecule has 2 aromatic carbocycles. The molecule has 0 saturated carbocycles. The Hall–Kier alpha value is -2.37. The first-order valence-corrected chi connectivity index (χ1v) is 7.43. The maximum absolute atomic E-state index is 10.9. The lowest BCUT2D eigenvalue weighted by atomic mass is 10.1. The molecule has 5 nitrogen and oxygen atoms in total. The van der Waals surface area contributed by atoms with Crippen LogP contribution in [-0.2, 0) is 22.6 Å². The minimum absolute atomic E-state index is 0.120. The molecule has 0 aliphatic carbocycles. The monoisotopic (exact) mass is 315 g/mol. The SMILES string of the molecule is NC(=O)Cc1cccc(OC[C@@H](O)COCc2ccccc2)c1. The predicted molar refractivity (Wildman–Crippen MR) is 86.9 cm³/mol. The summed E-state index contributed by atoms with van der Waals surface area (Å²) in [6.07, 6.45) is -0.557. The minimum atomic E-state index is -0.724. The number of carbonyl (C=O) groups excluding carboxylic acids is 1. The lowest BCUT2D eigenvalue weighted by Crippen LogP contribution is -2.23. The highest BCUT2D eigenvalue weighted by Crippen LogP contribution is 2.14. The van der Waals surface area contributed by atoms with Crippen molar-refractivity contribution in [3.63, 3.8) is 0 Å². The lowest BCUT2D eigenvalue weighted by molar-refractivity contribution is -0.117. The molecule has 0 aliphatic rings. The molecule has 1 atom stereocenters. The summed E-state index contributed by atoms with van der Waals surface area (Å²) in [6, 6.07) is 16.8. The van der Waals surface area contributed by atoms with Gasteiger partial charge < -0.3 is 20.3 Å². The van der Waals surface area contributed by atoms with E-state index < -0.39 is 12.0 Å². The molecule has 2 aromatic rings. The van der Waals surface area contributed by atoms with Crippen LogP contribution >= 0.6 is 0 Å². The van der Waals surface area contributed by atoms with Crippen molar-refractivity contribution in [3.05, 3.63) is 65.7 Å². The first-order chi connectivity index (χ1) is 11.1. The van der Waals surface area contributed by atoms with Crippen molar-refractivity contribution in [1.82, 2.24) is 0 Å². The third kappa shape index (κ3) is 6.50. The number of primary amides is 1. The van der Waals surface area contributed by atoms with E-state index in [1.54, 1.807) is 24.3 Å². The molecule has 0 saturated heterocycles. The molecule has 0 heterocycles. The van der Waals surface area contributed by atoms with Crippen molar-refractivity contribution in [1.29, 1.82) is 0 Å². The Balaban J connectivity index is 1.71. The first-order valence-electron chi connectivity index (χ1n) is 7.43. The summed E-state index contributed by atoms with van der Waals surface area (Å²) in [4.78, 5) is 10.9. The largest absolute Gasteiger partial charge is 0.491 e. The highest BCUT2D eigenvalue weighted by atomic mass is 16.5. The first kappa shape index (κ1) is 17.0. The van der Waals surface area contributed by atoms with Gasteiger partial charge in [0.25, 0.3) is 0 Å². The van der Waals surface area contributed by atoms with Crippen LogP contribution in [0.25, 0.3) is 0 Å². The Morgan fingerprint density at radius 3 is 2.52 bits per heavy atom. The van der Waals surface area contributed by atoms with E-state index in [9.17, 15) is 9.90 Å². The molecule has 23 heavy (non-hydrogen) atoms. The maximum atomic E-state index is 10.9. The number of rotatable bonds is 9. The summed E-state index contributed by atoms with van der Waals surface area (Å²) < 4.78 is 11.0. The molecule has 0 spiro atoms. The second kappa shape index (κ2) is 8.92. The van der Waals surface area contributed by atoms with Gasteiger partial charge in [-0.05, 0) is 23.3 Å². The Labute approximate surface area is 135 Å². The fourth-order valence-corrected chi connectivity index (χ4v) is 2.07. The van der Waals surface area contributed by atoms with E-state index in [2.05, 4.69) is 0 Å². The van der Waals surface area contributed by atoms with Gasteiger partial charge in [-0.15, -0.1) is 0 Å². The zero-order valence-corrected chi connectivity index (χ0v) is 12.9. The summed E-state index contributed by atoms with van der Waals surface area (Å²) in [5.74, 6) is 0.197. The molecule has 122 valence electrons. The van der Waals surface area contributed by atoms with Crippen molar-refractivity contribution < 1.29 is 19.4 Å². The predicted octanol–water partition coefficient (Wildman–Crippen LogP) is 1.67. The number of aliphatic hydroxyl groups excluding tert-OH is 1. The van der Waals surface area contributed by atoms with E-state index in [0.29, 0.717) is 12.4 Å². The molecule has 1 amide bonds. The van der Waals surface area contributed by atoms with Crippen LogP contribution in [0.15, 0.2) is 54.6 Å². The Morgan fingerprint density at radius 1 is 1.04 bits per heavy atom. The maximum Gasteiger partial charge on any atom is 0.221 e. The molecular weight excluding hydrogens is 294 g/mol. The minimum Gasteiger partial charge on any atom is -0.491 e. The van der Waals surface area contributed by atoms with Crippen LogP contribution in [0, 0.1) is 0 Å². The average Bonchev–Trinajstić information content (AvgIpc) is 2.54. The van der Waals surface area contributed by atoms with Gasteiger partial charge in [0, 0.05) is 0 Å². The molecule has 2 rings (SSSR count). The fraction of sp³-hybridized carbons (Fsp3) is 0.278. The standard InChI is InChI=1S/C18H21NO4/c19-18(21)10-15-7-4-8-17(9-15)23-13-16(20)12-22-11-14-5-2-1-3-6-14/h1-9,16,20H,10-13H2,(H2,19,21)/t16-/m0/s1. The third-order valence-electron chi connectivity index (χ3n) is 3.14. The Kier molecular flexibility index (Phi) is 6.59. The molecule has 3 N–H and O–H groups in total. The number of benzene rings is 2. The zero-order chi connectivity index (χ0) is 16.5. The number of ether oxygens (including phenoxy) is 2. The smallest absolute Gasteiger partial charge is 0.221 e. The van der Waals surface area contributed by atoms with Crippen molar-refractivity contribution >= 4 is 5.91 Å². The van der Waals surface area contributed by atoms with Gasteiger partial charge in [-0.25, -0.2) is 0 Å². The van der Waals surface area contributed by atoms with Gasteiger partial charge in [-0.2, -0.15) is 0 Å². The summed E-state index contributed by atoms with van der Waals surface area (Å²) in [5, 5.41) is 9.88. The molecule has 0 unspecified atom stereocenters. The van der Waals surface area contributed by atoms with Gasteiger partial charge >= 0.3 is 0 Å². The van der Waals surface area contributed by atoms with E-state index in [4.69, 9.17) is 15.2 Å². The van der Waals surface area contributed by atoms with Gasteiger partial charge in [0.05, 0.1) is 19.6 Å². The van der Waals surface area contributed by atoms with Crippen molar-refractivity contribution in [2.45, 2.75) is 19.1 Å². The van der Waals surface area contributed by atoms with E-state index in [-0.39, 0.29) is 19.6 Å². The van der Waals surface area contributed by atoms with Gasteiger partial charge in [-0.1, -0.05) is 42.5 Å². The van der Waals surface area contributed by atoms with E-state index in [0.717, 1.165) is 11.1 Å². The van der Waals surface area contributed by atoms with E-state index >= 15 is 0 Å². The molecule has 0 bridgehead atoms. The van der Waals surface area contributed by atoms with Crippen LogP contribution in [0.3, 0.4) is 0 Å². The number of nitrogens with two attached hydrogens (primary N) is 1. The molecule has 0 radical (unpaired) electrons. The summed E-state index contributed by atoms with van der Waals surface area (Å²) >= 11 is 0. The van der Waals surface area contributed by atoms with E-state index in [1.165, 1.54) is 0 Å². The zero-order valence-electron chi connectivity index (χ0n) is 12.9. The molecule has 5 heteroatoms. The van der Waals surface area contributed by atoms with Gasteiger partial charge in [-0.3, -0.25) is 4.79 Å².